The average molecular weight is 351 g/mol. The van der Waals surface area contributed by atoms with Crippen LogP contribution in [0.2, 0.25) is 0 Å². The summed E-state index contributed by atoms with van der Waals surface area (Å²) in [5.41, 5.74) is 2.29. The highest BCUT2D eigenvalue weighted by molar-refractivity contribution is 6.21. The number of carbonyl (C=O) groups is 3. The molecule has 1 aliphatic rings. The molecular weight excluding hydrogens is 330 g/mol. The number of imide groups is 1. The molecule has 0 fully saturated rings. The van der Waals surface area contributed by atoms with Crippen LogP contribution in [0.1, 0.15) is 51.3 Å². The van der Waals surface area contributed by atoms with E-state index < -0.39 is 0 Å². The number of aromatic nitrogens is 1. The molecule has 0 saturated carbocycles. The second kappa shape index (κ2) is 7.07. The summed E-state index contributed by atoms with van der Waals surface area (Å²) in [6, 6.07) is 10.6. The topological polar surface area (TPSA) is 71.7 Å². The maximum absolute atomic E-state index is 12.6. The van der Waals surface area contributed by atoms with Gasteiger partial charge in [-0.25, -0.2) is 0 Å². The minimum absolute atomic E-state index is 0.0414. The van der Waals surface area contributed by atoms with E-state index in [9.17, 15) is 14.4 Å². The molecule has 0 unspecified atom stereocenters. The van der Waals surface area contributed by atoms with Crippen molar-refractivity contribution < 1.29 is 14.4 Å². The first-order valence-corrected chi connectivity index (χ1v) is 8.60. The Kier molecular flexibility index (Phi) is 4.84. The van der Waals surface area contributed by atoms with Crippen LogP contribution < -0.4 is 5.49 Å². The molecule has 6 heteroatoms. The summed E-state index contributed by atoms with van der Waals surface area (Å²) in [4.78, 5) is 43.1. The lowest BCUT2D eigenvalue weighted by molar-refractivity contribution is 0.0644. The Morgan fingerprint density at radius 1 is 1.08 bits per heavy atom. The Hall–Kier alpha value is -3.02. The Morgan fingerprint density at radius 2 is 1.81 bits per heavy atom. The average Bonchev–Trinajstić information content (AvgIpc) is 2.83. The molecule has 6 nitrogen and oxygen atoms in total. The number of carbonyl (C=O) groups excluding carboxylic acids is 3. The molecule has 2 aromatic rings. The minimum Gasteiger partial charge on any atom is -0.274 e. The number of rotatable bonds is 4. The van der Waals surface area contributed by atoms with Gasteiger partial charge in [-0.3, -0.25) is 28.8 Å². The second-order valence-corrected chi connectivity index (χ2v) is 6.61. The smallest absolute Gasteiger partial charge is 0.261 e. The summed E-state index contributed by atoms with van der Waals surface area (Å²) in [5.74, 6) is -0.896. The monoisotopic (exact) mass is 351 g/mol. The zero-order valence-electron chi connectivity index (χ0n) is 15.1. The van der Waals surface area contributed by atoms with Gasteiger partial charge in [0.25, 0.3) is 11.8 Å². The highest BCUT2D eigenvalue weighted by Gasteiger charge is 2.35. The van der Waals surface area contributed by atoms with Crippen molar-refractivity contribution in [1.82, 2.24) is 9.47 Å². The first kappa shape index (κ1) is 17.8. The van der Waals surface area contributed by atoms with Crippen molar-refractivity contribution in [3.8, 4) is 0 Å². The van der Waals surface area contributed by atoms with E-state index in [0.717, 1.165) is 10.5 Å². The number of benzene rings is 1. The van der Waals surface area contributed by atoms with Gasteiger partial charge in [0, 0.05) is 25.2 Å². The van der Waals surface area contributed by atoms with Crippen molar-refractivity contribution in [2.24, 2.45) is 4.99 Å². The number of hydrogen-bond acceptors (Lipinski definition) is 4. The second-order valence-electron chi connectivity index (χ2n) is 6.61. The van der Waals surface area contributed by atoms with Crippen molar-refractivity contribution in [2.75, 3.05) is 6.54 Å². The summed E-state index contributed by atoms with van der Waals surface area (Å²) in [6.07, 6.45) is 1.69. The molecule has 0 spiro atoms. The number of fused-ring (bicyclic) bond motifs is 1. The van der Waals surface area contributed by atoms with Crippen molar-refractivity contribution in [2.45, 2.75) is 33.2 Å². The Morgan fingerprint density at radius 3 is 2.54 bits per heavy atom. The van der Waals surface area contributed by atoms with Crippen LogP contribution in [0, 0.1) is 6.92 Å². The molecule has 0 atom stereocenters. The van der Waals surface area contributed by atoms with E-state index in [1.807, 2.05) is 26.8 Å². The van der Waals surface area contributed by atoms with Gasteiger partial charge in [0.1, 0.15) is 5.49 Å². The molecule has 1 aliphatic heterocycles. The van der Waals surface area contributed by atoms with Gasteiger partial charge in [-0.1, -0.05) is 17.7 Å². The summed E-state index contributed by atoms with van der Waals surface area (Å²) < 4.78 is 1.46. The molecule has 26 heavy (non-hydrogen) atoms. The van der Waals surface area contributed by atoms with Crippen molar-refractivity contribution in [3.05, 3.63) is 64.8 Å². The van der Waals surface area contributed by atoms with Gasteiger partial charge in [0.05, 0.1) is 11.1 Å². The van der Waals surface area contributed by atoms with Gasteiger partial charge in [-0.2, -0.15) is 0 Å². The third kappa shape index (κ3) is 3.35. The molecule has 3 rings (SSSR count). The van der Waals surface area contributed by atoms with Crippen LogP contribution in [0.15, 0.2) is 47.6 Å². The van der Waals surface area contributed by atoms with Crippen molar-refractivity contribution >= 4 is 17.7 Å². The fourth-order valence-corrected chi connectivity index (χ4v) is 2.95. The van der Waals surface area contributed by atoms with Crippen LogP contribution in [-0.4, -0.2) is 39.8 Å². The van der Waals surface area contributed by atoms with E-state index in [4.69, 9.17) is 0 Å². The SMILES string of the molecule is Cc1ccc2c(c1)C(=O)N(CCC(=O)n1ccccc1=NC(C)C)C2=O. The predicted molar refractivity (Wildman–Crippen MR) is 96.9 cm³/mol. The molecule has 1 aromatic heterocycles. The quantitative estimate of drug-likeness (QED) is 0.794. The fraction of sp³-hybridized carbons (Fsp3) is 0.300. The van der Waals surface area contributed by atoms with Crippen molar-refractivity contribution in [1.29, 1.82) is 0 Å². The minimum atomic E-state index is -0.344. The lowest BCUT2D eigenvalue weighted by Crippen LogP contribution is -2.34. The Bertz CT molecular complexity index is 957. The molecule has 1 aromatic carbocycles. The lowest BCUT2D eigenvalue weighted by Gasteiger charge is -2.14. The predicted octanol–water partition coefficient (Wildman–Crippen LogP) is 2.43. The van der Waals surface area contributed by atoms with Gasteiger partial charge < -0.3 is 0 Å². The van der Waals surface area contributed by atoms with Crippen LogP contribution in [0.3, 0.4) is 0 Å². The molecule has 2 amide bonds. The number of nitrogens with zero attached hydrogens (tertiary/aromatic N) is 3. The molecule has 134 valence electrons. The summed E-state index contributed by atoms with van der Waals surface area (Å²) >= 11 is 0. The first-order chi connectivity index (χ1) is 12.4. The zero-order valence-corrected chi connectivity index (χ0v) is 15.1. The van der Waals surface area contributed by atoms with Gasteiger partial charge in [-0.15, -0.1) is 0 Å². The van der Waals surface area contributed by atoms with E-state index in [-0.39, 0.29) is 36.7 Å². The first-order valence-electron chi connectivity index (χ1n) is 8.60. The molecule has 0 aliphatic carbocycles. The van der Waals surface area contributed by atoms with E-state index in [2.05, 4.69) is 4.99 Å². The van der Waals surface area contributed by atoms with Crippen LogP contribution in [-0.2, 0) is 0 Å². The van der Waals surface area contributed by atoms with E-state index in [0.29, 0.717) is 16.6 Å². The third-order valence-electron chi connectivity index (χ3n) is 4.17. The molecular formula is C20H21N3O3. The number of hydrogen-bond donors (Lipinski definition) is 0. The normalized spacial score (nSPS) is 14.3. The lowest BCUT2D eigenvalue weighted by atomic mass is 10.1. The highest BCUT2D eigenvalue weighted by atomic mass is 16.2. The molecule has 0 bridgehead atoms. The fourth-order valence-electron chi connectivity index (χ4n) is 2.95. The molecule has 0 radical (unpaired) electrons. The van der Waals surface area contributed by atoms with E-state index in [1.165, 1.54) is 4.57 Å². The standard InChI is InChI=1S/C20H21N3O3/c1-13(2)21-17-6-4-5-10-22(17)18(24)9-11-23-19(25)15-8-7-14(3)12-16(15)20(23)26/h4-8,10,12-13H,9,11H2,1-3H3. The van der Waals surface area contributed by atoms with Crippen LogP contribution in [0.4, 0.5) is 0 Å². The van der Waals surface area contributed by atoms with Crippen LogP contribution >= 0.6 is 0 Å². The summed E-state index contributed by atoms with van der Waals surface area (Å²) in [7, 11) is 0. The van der Waals surface area contributed by atoms with Gasteiger partial charge in [0.2, 0.25) is 5.91 Å². The van der Waals surface area contributed by atoms with E-state index >= 15 is 0 Å². The highest BCUT2D eigenvalue weighted by Crippen LogP contribution is 2.23. The van der Waals surface area contributed by atoms with Crippen molar-refractivity contribution in [3.63, 3.8) is 0 Å². The zero-order chi connectivity index (χ0) is 18.8. The molecule has 2 heterocycles. The Balaban J connectivity index is 1.78. The van der Waals surface area contributed by atoms with Crippen LogP contribution in [0.5, 0.6) is 0 Å². The van der Waals surface area contributed by atoms with Gasteiger partial charge in [0.15, 0.2) is 0 Å². The number of aryl methyl sites for hydroxylation is 1. The summed E-state index contributed by atoms with van der Waals surface area (Å²) in [6.45, 7) is 5.79. The largest absolute Gasteiger partial charge is 0.274 e. The van der Waals surface area contributed by atoms with Gasteiger partial charge >= 0.3 is 0 Å². The Labute approximate surface area is 151 Å². The third-order valence-corrected chi connectivity index (χ3v) is 4.17. The molecule has 0 N–H and O–H groups in total. The van der Waals surface area contributed by atoms with E-state index in [1.54, 1.807) is 36.5 Å². The van der Waals surface area contributed by atoms with Crippen LogP contribution in [0.25, 0.3) is 0 Å². The van der Waals surface area contributed by atoms with Gasteiger partial charge in [-0.05, 0) is 45.0 Å². The molecule has 0 saturated heterocycles. The number of pyridine rings is 1. The summed E-state index contributed by atoms with van der Waals surface area (Å²) in [5, 5.41) is 0. The number of amides is 2. The maximum Gasteiger partial charge on any atom is 0.261 e. The maximum atomic E-state index is 12.6.